The van der Waals surface area contributed by atoms with Crippen LogP contribution in [0.4, 0.5) is 5.69 Å². The molecule has 0 aromatic heterocycles. The second-order valence-corrected chi connectivity index (χ2v) is 5.46. The summed E-state index contributed by atoms with van der Waals surface area (Å²) in [5.74, 6) is 0.845. The molecule has 2 rings (SSSR count). The molecule has 0 radical (unpaired) electrons. The van der Waals surface area contributed by atoms with Crippen LogP contribution in [0, 0.1) is 6.92 Å². The van der Waals surface area contributed by atoms with Gasteiger partial charge in [0, 0.05) is 24.8 Å². The second-order valence-electron chi connectivity index (χ2n) is 4.93. The predicted octanol–water partition coefficient (Wildman–Crippen LogP) is 4.42. The maximum Gasteiger partial charge on any atom is 0.123 e. The molecule has 2 aromatic rings. The van der Waals surface area contributed by atoms with Crippen molar-refractivity contribution in [3.63, 3.8) is 0 Å². The van der Waals surface area contributed by atoms with Crippen LogP contribution in [0.15, 0.2) is 48.5 Å². The molecular weight excluding hydrogens is 270 g/mol. The summed E-state index contributed by atoms with van der Waals surface area (Å²) in [7, 11) is 3.73. The highest BCUT2D eigenvalue weighted by atomic mass is 35.5. The Balaban J connectivity index is 2.16. The van der Waals surface area contributed by atoms with Crippen LogP contribution in [0.2, 0.25) is 0 Å². The molecule has 106 valence electrons. The number of hydrogen-bond acceptors (Lipinski definition) is 2. The van der Waals surface area contributed by atoms with E-state index in [4.69, 9.17) is 16.3 Å². The van der Waals surface area contributed by atoms with E-state index in [2.05, 4.69) is 30.0 Å². The molecule has 0 aliphatic rings. The largest absolute Gasteiger partial charge is 0.496 e. The topological polar surface area (TPSA) is 12.5 Å². The third-order valence-electron chi connectivity index (χ3n) is 3.35. The lowest BCUT2D eigenvalue weighted by Crippen LogP contribution is -2.22. The van der Waals surface area contributed by atoms with E-state index in [0.29, 0.717) is 0 Å². The van der Waals surface area contributed by atoms with Crippen molar-refractivity contribution in [2.45, 2.75) is 12.3 Å². The Morgan fingerprint density at radius 3 is 2.50 bits per heavy atom. The number of aryl methyl sites for hydroxylation is 1. The number of methoxy groups -OCH3 is 1. The molecule has 0 bridgehead atoms. The summed E-state index contributed by atoms with van der Waals surface area (Å²) in [6, 6.07) is 16.3. The number of ether oxygens (including phenoxy) is 1. The number of rotatable bonds is 5. The number of halogens is 1. The molecule has 0 saturated carbocycles. The lowest BCUT2D eigenvalue weighted by atomic mass is 10.1. The van der Waals surface area contributed by atoms with Gasteiger partial charge in [0.15, 0.2) is 0 Å². The third-order valence-corrected chi connectivity index (χ3v) is 3.73. The fraction of sp³-hybridized carbons (Fsp3) is 0.294. The van der Waals surface area contributed by atoms with Crippen molar-refractivity contribution in [3.8, 4) is 5.75 Å². The van der Waals surface area contributed by atoms with Crippen LogP contribution in [0.25, 0.3) is 0 Å². The Hall–Kier alpha value is -1.67. The summed E-state index contributed by atoms with van der Waals surface area (Å²) >= 11 is 6.59. The molecule has 0 amide bonds. The number of nitrogens with zero attached hydrogens (tertiary/aromatic N) is 1. The van der Waals surface area contributed by atoms with Crippen molar-refractivity contribution in [2.75, 3.05) is 25.6 Å². The maximum absolute atomic E-state index is 6.59. The quantitative estimate of drug-likeness (QED) is 0.756. The first-order chi connectivity index (χ1) is 9.61. The first-order valence-electron chi connectivity index (χ1n) is 6.66. The fourth-order valence-electron chi connectivity index (χ4n) is 2.23. The molecule has 20 heavy (non-hydrogen) atoms. The van der Waals surface area contributed by atoms with Gasteiger partial charge in [-0.25, -0.2) is 0 Å². The zero-order valence-electron chi connectivity index (χ0n) is 12.1. The SMILES string of the molecule is COc1ccc(C)cc1C(Cl)CN(C)c1ccccc1. The first-order valence-corrected chi connectivity index (χ1v) is 7.10. The van der Waals surface area contributed by atoms with Crippen LogP contribution >= 0.6 is 11.6 Å². The van der Waals surface area contributed by atoms with Gasteiger partial charge in [0.25, 0.3) is 0 Å². The summed E-state index contributed by atoms with van der Waals surface area (Å²) in [5.41, 5.74) is 3.38. The molecule has 0 aliphatic heterocycles. The number of alkyl halides is 1. The Labute approximate surface area is 125 Å². The summed E-state index contributed by atoms with van der Waals surface area (Å²) in [4.78, 5) is 2.15. The molecule has 2 nitrogen and oxygen atoms in total. The molecule has 0 heterocycles. The minimum atomic E-state index is -0.116. The smallest absolute Gasteiger partial charge is 0.123 e. The van der Waals surface area contributed by atoms with Crippen molar-refractivity contribution in [1.29, 1.82) is 0 Å². The standard InChI is InChI=1S/C17H20ClNO/c1-13-9-10-17(20-3)15(11-13)16(18)12-19(2)14-7-5-4-6-8-14/h4-11,16H,12H2,1-3H3. The number of hydrogen-bond donors (Lipinski definition) is 0. The maximum atomic E-state index is 6.59. The number of benzene rings is 2. The minimum absolute atomic E-state index is 0.116. The highest BCUT2D eigenvalue weighted by Gasteiger charge is 2.16. The van der Waals surface area contributed by atoms with Gasteiger partial charge in [0.05, 0.1) is 12.5 Å². The first kappa shape index (κ1) is 14.7. The molecule has 3 heteroatoms. The molecule has 0 saturated heterocycles. The number of para-hydroxylation sites is 1. The lowest BCUT2D eigenvalue weighted by molar-refractivity contribution is 0.409. The van der Waals surface area contributed by atoms with E-state index in [1.807, 2.05) is 37.4 Å². The molecule has 1 unspecified atom stereocenters. The van der Waals surface area contributed by atoms with Gasteiger partial charge in [0.1, 0.15) is 5.75 Å². The van der Waals surface area contributed by atoms with Gasteiger partial charge < -0.3 is 9.64 Å². The fourth-order valence-corrected chi connectivity index (χ4v) is 2.60. The van der Waals surface area contributed by atoms with Crippen molar-refractivity contribution >= 4 is 17.3 Å². The van der Waals surface area contributed by atoms with Gasteiger partial charge in [-0.2, -0.15) is 0 Å². The van der Waals surface area contributed by atoms with Crippen LogP contribution in [0.5, 0.6) is 5.75 Å². The van der Waals surface area contributed by atoms with E-state index in [1.54, 1.807) is 7.11 Å². The van der Waals surface area contributed by atoms with E-state index in [0.717, 1.165) is 23.5 Å². The van der Waals surface area contributed by atoms with Gasteiger partial charge in [-0.15, -0.1) is 11.6 Å². The van der Waals surface area contributed by atoms with Gasteiger partial charge in [-0.3, -0.25) is 0 Å². The van der Waals surface area contributed by atoms with Gasteiger partial charge in [-0.05, 0) is 25.1 Å². The van der Waals surface area contributed by atoms with Crippen molar-refractivity contribution in [1.82, 2.24) is 0 Å². The predicted molar refractivity (Wildman–Crippen MR) is 86.0 cm³/mol. The normalized spacial score (nSPS) is 12.0. The summed E-state index contributed by atoms with van der Waals surface area (Å²) in [6.07, 6.45) is 0. The highest BCUT2D eigenvalue weighted by Crippen LogP contribution is 2.31. The van der Waals surface area contributed by atoms with Crippen LogP contribution in [0.3, 0.4) is 0 Å². The van der Waals surface area contributed by atoms with Crippen molar-refractivity contribution < 1.29 is 4.74 Å². The Bertz CT molecular complexity index is 556. The van der Waals surface area contributed by atoms with E-state index < -0.39 is 0 Å². The van der Waals surface area contributed by atoms with Crippen LogP contribution in [0.1, 0.15) is 16.5 Å². The van der Waals surface area contributed by atoms with E-state index in [1.165, 1.54) is 5.56 Å². The molecule has 0 spiro atoms. The molecule has 1 atom stereocenters. The summed E-state index contributed by atoms with van der Waals surface area (Å²) < 4.78 is 5.41. The van der Waals surface area contributed by atoms with Gasteiger partial charge in [-0.1, -0.05) is 35.9 Å². The average Bonchev–Trinajstić information content (AvgIpc) is 2.48. The monoisotopic (exact) mass is 289 g/mol. The lowest BCUT2D eigenvalue weighted by Gasteiger charge is -2.23. The Kier molecular flexibility index (Phi) is 4.91. The molecule has 0 aliphatic carbocycles. The number of likely N-dealkylation sites (N-methyl/N-ethyl adjacent to an activating group) is 1. The Morgan fingerprint density at radius 1 is 1.15 bits per heavy atom. The van der Waals surface area contributed by atoms with Crippen LogP contribution in [-0.2, 0) is 0 Å². The van der Waals surface area contributed by atoms with E-state index in [9.17, 15) is 0 Å². The molecule has 0 fully saturated rings. The second kappa shape index (κ2) is 6.67. The zero-order chi connectivity index (χ0) is 14.5. The summed E-state index contributed by atoms with van der Waals surface area (Å²) in [6.45, 7) is 2.79. The van der Waals surface area contributed by atoms with Crippen LogP contribution in [-0.4, -0.2) is 20.7 Å². The number of anilines is 1. The molecule has 0 N–H and O–H groups in total. The van der Waals surface area contributed by atoms with Crippen LogP contribution < -0.4 is 9.64 Å². The van der Waals surface area contributed by atoms with Crippen molar-refractivity contribution in [2.24, 2.45) is 0 Å². The van der Waals surface area contributed by atoms with Gasteiger partial charge in [0.2, 0.25) is 0 Å². The molecular formula is C17H20ClNO. The van der Waals surface area contributed by atoms with E-state index in [-0.39, 0.29) is 5.38 Å². The minimum Gasteiger partial charge on any atom is -0.496 e. The van der Waals surface area contributed by atoms with Crippen molar-refractivity contribution in [3.05, 3.63) is 59.7 Å². The highest BCUT2D eigenvalue weighted by molar-refractivity contribution is 6.21. The van der Waals surface area contributed by atoms with Gasteiger partial charge >= 0.3 is 0 Å². The Morgan fingerprint density at radius 2 is 1.85 bits per heavy atom. The average molecular weight is 290 g/mol. The summed E-state index contributed by atoms with van der Waals surface area (Å²) in [5, 5.41) is -0.116. The molecule has 2 aromatic carbocycles. The third kappa shape index (κ3) is 3.45. The zero-order valence-corrected chi connectivity index (χ0v) is 12.9. The van der Waals surface area contributed by atoms with E-state index >= 15 is 0 Å².